The van der Waals surface area contributed by atoms with Gasteiger partial charge in [0.05, 0.1) is 6.04 Å². The van der Waals surface area contributed by atoms with Gasteiger partial charge in [0.1, 0.15) is 5.60 Å². The van der Waals surface area contributed by atoms with Crippen LogP contribution in [-0.2, 0) is 4.74 Å². The molecule has 2 aliphatic heterocycles. The third-order valence-corrected chi connectivity index (χ3v) is 5.07. The maximum atomic E-state index is 12.6. The molecule has 130 valence electrons. The lowest BCUT2D eigenvalue weighted by molar-refractivity contribution is 0.0000879. The maximum absolute atomic E-state index is 12.6. The molecule has 1 saturated heterocycles. The topological polar surface area (TPSA) is 29.5 Å². The number of amides is 1. The van der Waals surface area contributed by atoms with Gasteiger partial charge in [-0.15, -0.1) is 0 Å². The summed E-state index contributed by atoms with van der Waals surface area (Å²) in [5.74, 6) is 0. The van der Waals surface area contributed by atoms with Crippen LogP contribution >= 0.6 is 23.2 Å². The minimum Gasteiger partial charge on any atom is -0.444 e. The molecule has 1 aromatic rings. The molecule has 3 nitrogen and oxygen atoms in total. The number of piperidine rings is 1. The minimum absolute atomic E-state index is 0.0779. The Balaban J connectivity index is 1.88. The van der Waals surface area contributed by atoms with E-state index in [1.54, 1.807) is 6.07 Å². The fraction of sp³-hybridized carbons (Fsp3) is 0.526. The van der Waals surface area contributed by atoms with Crippen molar-refractivity contribution in [3.8, 4) is 0 Å². The van der Waals surface area contributed by atoms with E-state index >= 15 is 0 Å². The molecule has 2 heterocycles. The zero-order valence-corrected chi connectivity index (χ0v) is 15.8. The Kier molecular flexibility index (Phi) is 4.85. The number of halogens is 2. The summed E-state index contributed by atoms with van der Waals surface area (Å²) in [6.07, 6.45) is 5.86. The predicted octanol–water partition coefficient (Wildman–Crippen LogP) is 5.94. The maximum Gasteiger partial charge on any atom is 0.411 e. The highest BCUT2D eigenvalue weighted by Crippen LogP contribution is 2.40. The number of carbonyl (C=O) groups excluding carboxylic acids is 1. The molecular weight excluding hydrogens is 345 g/mol. The van der Waals surface area contributed by atoms with Crippen LogP contribution in [0.15, 0.2) is 24.3 Å². The van der Waals surface area contributed by atoms with E-state index in [2.05, 4.69) is 6.08 Å². The molecule has 0 N–H and O–H groups in total. The van der Waals surface area contributed by atoms with Crippen LogP contribution in [0.4, 0.5) is 4.79 Å². The van der Waals surface area contributed by atoms with Crippen LogP contribution in [0.1, 0.15) is 52.0 Å². The molecule has 0 aliphatic carbocycles. The van der Waals surface area contributed by atoms with Crippen molar-refractivity contribution < 1.29 is 9.53 Å². The molecule has 1 aromatic carbocycles. The molecular formula is C19H23Cl2NO2. The van der Waals surface area contributed by atoms with Gasteiger partial charge < -0.3 is 4.74 Å². The number of nitrogens with zero attached hydrogens (tertiary/aromatic N) is 1. The van der Waals surface area contributed by atoms with E-state index in [0.29, 0.717) is 10.0 Å². The van der Waals surface area contributed by atoms with Gasteiger partial charge in [-0.25, -0.2) is 4.79 Å². The van der Waals surface area contributed by atoms with E-state index in [4.69, 9.17) is 27.9 Å². The highest BCUT2D eigenvalue weighted by molar-refractivity contribution is 6.35. The second kappa shape index (κ2) is 6.61. The van der Waals surface area contributed by atoms with E-state index in [9.17, 15) is 4.79 Å². The van der Waals surface area contributed by atoms with Gasteiger partial charge in [-0.3, -0.25) is 4.90 Å². The fourth-order valence-corrected chi connectivity index (χ4v) is 4.11. The monoisotopic (exact) mass is 367 g/mol. The lowest BCUT2D eigenvalue weighted by Crippen LogP contribution is -2.53. The van der Waals surface area contributed by atoms with Crippen LogP contribution in [0.5, 0.6) is 0 Å². The summed E-state index contributed by atoms with van der Waals surface area (Å²) in [4.78, 5) is 14.5. The van der Waals surface area contributed by atoms with Gasteiger partial charge in [0, 0.05) is 16.1 Å². The molecule has 3 rings (SSSR count). The predicted molar refractivity (Wildman–Crippen MR) is 98.6 cm³/mol. The van der Waals surface area contributed by atoms with Crippen LogP contribution in [0.3, 0.4) is 0 Å². The molecule has 0 radical (unpaired) electrons. The Bertz CT molecular complexity index is 678. The number of ether oxygens (including phenoxy) is 1. The summed E-state index contributed by atoms with van der Waals surface area (Å²) in [6, 6.07) is 5.85. The number of hydrogen-bond donors (Lipinski definition) is 0. The number of benzene rings is 1. The Morgan fingerprint density at radius 2 is 2.00 bits per heavy atom. The van der Waals surface area contributed by atoms with E-state index < -0.39 is 5.60 Å². The Labute approximate surface area is 153 Å². The van der Waals surface area contributed by atoms with Crippen molar-refractivity contribution in [3.63, 3.8) is 0 Å². The number of fused-ring (bicyclic) bond motifs is 2. The minimum atomic E-state index is -0.477. The van der Waals surface area contributed by atoms with Crippen molar-refractivity contribution in [1.29, 1.82) is 0 Å². The van der Waals surface area contributed by atoms with Gasteiger partial charge in [-0.2, -0.15) is 0 Å². The average Bonchev–Trinajstić information content (AvgIpc) is 2.44. The van der Waals surface area contributed by atoms with Crippen molar-refractivity contribution in [2.24, 2.45) is 0 Å². The zero-order chi connectivity index (χ0) is 17.5. The zero-order valence-electron chi connectivity index (χ0n) is 14.3. The summed E-state index contributed by atoms with van der Waals surface area (Å²) < 4.78 is 5.61. The first kappa shape index (κ1) is 17.6. The Hall–Kier alpha value is -1.19. The molecule has 5 heteroatoms. The van der Waals surface area contributed by atoms with Crippen LogP contribution in [0, 0.1) is 0 Å². The molecule has 24 heavy (non-hydrogen) atoms. The molecule has 2 aliphatic rings. The first-order chi connectivity index (χ1) is 11.2. The van der Waals surface area contributed by atoms with Gasteiger partial charge in [0.15, 0.2) is 0 Å². The van der Waals surface area contributed by atoms with Crippen molar-refractivity contribution in [1.82, 2.24) is 4.90 Å². The summed E-state index contributed by atoms with van der Waals surface area (Å²) in [6.45, 7) is 5.71. The Morgan fingerprint density at radius 3 is 2.62 bits per heavy atom. The van der Waals surface area contributed by atoms with Crippen LogP contribution < -0.4 is 0 Å². The second-order valence-corrected chi connectivity index (χ2v) is 8.40. The van der Waals surface area contributed by atoms with Gasteiger partial charge in [0.25, 0.3) is 0 Å². The SMILES string of the molecule is CC(C)(C)OC(=O)N1C2C=C(c3ccc(Cl)cc3Cl)CC1CCC2. The third kappa shape index (κ3) is 3.73. The van der Waals surface area contributed by atoms with Crippen molar-refractivity contribution in [2.45, 2.75) is 64.1 Å². The summed E-state index contributed by atoms with van der Waals surface area (Å²) in [5, 5.41) is 1.30. The molecule has 0 saturated carbocycles. The lowest BCUT2D eigenvalue weighted by Gasteiger charge is -2.45. The third-order valence-electron chi connectivity index (χ3n) is 4.52. The standard InChI is InChI=1S/C19H23Cl2NO2/c1-19(2,3)24-18(23)22-14-5-4-6-15(22)10-12(9-14)16-8-7-13(20)11-17(16)21/h7-9,11,14-15H,4-6,10H2,1-3H3. The highest BCUT2D eigenvalue weighted by atomic mass is 35.5. The highest BCUT2D eigenvalue weighted by Gasteiger charge is 2.39. The summed E-state index contributed by atoms with van der Waals surface area (Å²) in [5.41, 5.74) is 1.74. The number of rotatable bonds is 1. The quantitative estimate of drug-likeness (QED) is 0.614. The van der Waals surface area contributed by atoms with Crippen LogP contribution in [0.2, 0.25) is 10.0 Å². The van der Waals surface area contributed by atoms with Gasteiger partial charge in [-0.05, 0) is 69.7 Å². The van der Waals surface area contributed by atoms with Gasteiger partial charge in [0.2, 0.25) is 0 Å². The lowest BCUT2D eigenvalue weighted by atomic mass is 9.83. The Morgan fingerprint density at radius 1 is 1.25 bits per heavy atom. The van der Waals surface area contributed by atoms with E-state index in [1.807, 2.05) is 37.8 Å². The van der Waals surface area contributed by atoms with Crippen LogP contribution in [-0.4, -0.2) is 28.7 Å². The van der Waals surface area contributed by atoms with Crippen molar-refractivity contribution in [3.05, 3.63) is 39.9 Å². The van der Waals surface area contributed by atoms with Crippen LogP contribution in [0.25, 0.3) is 5.57 Å². The molecule has 2 unspecified atom stereocenters. The van der Waals surface area contributed by atoms with Crippen molar-refractivity contribution >= 4 is 34.9 Å². The molecule has 2 atom stereocenters. The van der Waals surface area contributed by atoms with E-state index in [1.165, 1.54) is 5.57 Å². The average molecular weight is 368 g/mol. The molecule has 1 amide bonds. The van der Waals surface area contributed by atoms with Gasteiger partial charge >= 0.3 is 6.09 Å². The number of hydrogen-bond acceptors (Lipinski definition) is 2. The number of carbonyl (C=O) groups is 1. The summed E-state index contributed by atoms with van der Waals surface area (Å²) in [7, 11) is 0. The molecule has 2 bridgehead atoms. The first-order valence-corrected chi connectivity index (χ1v) is 9.17. The second-order valence-electron chi connectivity index (χ2n) is 7.56. The summed E-state index contributed by atoms with van der Waals surface area (Å²) >= 11 is 12.4. The van der Waals surface area contributed by atoms with E-state index in [-0.39, 0.29) is 18.2 Å². The molecule has 1 fully saturated rings. The fourth-order valence-electron chi connectivity index (χ4n) is 3.58. The van der Waals surface area contributed by atoms with E-state index in [0.717, 1.165) is 31.2 Å². The largest absolute Gasteiger partial charge is 0.444 e. The van der Waals surface area contributed by atoms with Crippen molar-refractivity contribution in [2.75, 3.05) is 0 Å². The molecule has 0 spiro atoms. The first-order valence-electron chi connectivity index (χ1n) is 8.42. The smallest absolute Gasteiger partial charge is 0.411 e. The van der Waals surface area contributed by atoms with Gasteiger partial charge in [-0.1, -0.05) is 35.3 Å². The molecule has 0 aromatic heterocycles. The normalized spacial score (nSPS) is 23.7.